The molecule has 2 aromatic rings. The predicted octanol–water partition coefficient (Wildman–Crippen LogP) is 3.40. The molecule has 174 valence electrons. The number of aliphatic hydroxyl groups excluding tert-OH is 1. The van der Waals surface area contributed by atoms with Gasteiger partial charge in [-0.05, 0) is 42.3 Å². The maximum atomic E-state index is 13.0. The Labute approximate surface area is 188 Å². The van der Waals surface area contributed by atoms with Crippen molar-refractivity contribution in [2.45, 2.75) is 23.6 Å². The number of hydrogen-bond donors (Lipinski definition) is 3. The molecule has 0 aliphatic carbocycles. The Kier molecular flexibility index (Phi) is 7.43. The molecule has 1 fully saturated rings. The number of nitrogens with one attached hydrogen (secondary N) is 2. The topological polar surface area (TPSA) is 93.5 Å². The number of thiophene rings is 1. The lowest BCUT2D eigenvalue weighted by atomic mass is 10.2. The predicted molar refractivity (Wildman–Crippen MR) is 120 cm³/mol. The molecule has 0 amide bonds. The van der Waals surface area contributed by atoms with Crippen molar-refractivity contribution in [3.05, 3.63) is 47.4 Å². The van der Waals surface area contributed by atoms with Gasteiger partial charge in [0.05, 0.1) is 21.6 Å². The second-order valence-corrected chi connectivity index (χ2v) is 10.7. The number of rotatable bonds is 8. The average molecular weight is 488 g/mol. The molecule has 2 heterocycles. The van der Waals surface area contributed by atoms with Crippen LogP contribution in [0.15, 0.2) is 47.4 Å². The lowest BCUT2D eigenvalue weighted by Gasteiger charge is -2.17. The number of hydrogen-bond acceptors (Lipinski definition) is 7. The van der Waals surface area contributed by atoms with Crippen molar-refractivity contribution < 1.29 is 26.7 Å². The van der Waals surface area contributed by atoms with E-state index in [0.717, 1.165) is 18.9 Å². The number of aliphatic hydroxyl groups is 1. The SMILES string of the molecule is CS(=O)(=O)c1cccc(-c2ccc(/C(=C/C(=N)C(F)(F)F)NCCN3CCC(O)C3)s2)c1. The summed E-state index contributed by atoms with van der Waals surface area (Å²) in [5.41, 5.74) is -0.659. The molecular weight excluding hydrogens is 463 g/mol. The lowest BCUT2D eigenvalue weighted by molar-refractivity contribution is -0.0584. The summed E-state index contributed by atoms with van der Waals surface area (Å²) in [6.45, 7) is 2.14. The van der Waals surface area contributed by atoms with Crippen molar-refractivity contribution in [3.8, 4) is 10.4 Å². The van der Waals surface area contributed by atoms with E-state index in [0.29, 0.717) is 41.4 Å². The molecule has 1 aliphatic heterocycles. The van der Waals surface area contributed by atoms with E-state index in [-0.39, 0.29) is 16.7 Å². The summed E-state index contributed by atoms with van der Waals surface area (Å²) < 4.78 is 62.6. The summed E-state index contributed by atoms with van der Waals surface area (Å²) in [4.78, 5) is 3.37. The Hall–Kier alpha value is -2.21. The third-order valence-corrected chi connectivity index (χ3v) is 7.28. The largest absolute Gasteiger partial charge is 0.432 e. The number of halogens is 3. The Morgan fingerprint density at radius 1 is 1.34 bits per heavy atom. The zero-order valence-corrected chi connectivity index (χ0v) is 18.9. The van der Waals surface area contributed by atoms with Gasteiger partial charge in [-0.1, -0.05) is 12.1 Å². The molecule has 3 N–H and O–H groups in total. The van der Waals surface area contributed by atoms with Crippen LogP contribution in [-0.2, 0) is 9.84 Å². The molecule has 11 heteroatoms. The van der Waals surface area contributed by atoms with Crippen LogP contribution < -0.4 is 5.32 Å². The summed E-state index contributed by atoms with van der Waals surface area (Å²) >= 11 is 1.21. The Balaban J connectivity index is 1.83. The molecule has 0 saturated carbocycles. The quantitative estimate of drug-likeness (QED) is 0.497. The molecule has 1 unspecified atom stereocenters. The highest BCUT2D eigenvalue weighted by atomic mass is 32.2. The monoisotopic (exact) mass is 487 g/mol. The smallest absolute Gasteiger partial charge is 0.392 e. The minimum absolute atomic E-state index is 0.158. The van der Waals surface area contributed by atoms with Crippen LogP contribution in [0.4, 0.5) is 13.2 Å². The summed E-state index contributed by atoms with van der Waals surface area (Å²) in [5, 5.41) is 20.0. The van der Waals surface area contributed by atoms with E-state index in [1.165, 1.54) is 23.5 Å². The van der Waals surface area contributed by atoms with Gasteiger partial charge in [0.1, 0.15) is 5.71 Å². The van der Waals surface area contributed by atoms with Gasteiger partial charge >= 0.3 is 6.18 Å². The second kappa shape index (κ2) is 9.74. The molecule has 0 radical (unpaired) electrons. The number of β-amino-alcohol motifs (C(OH)–C–C–N with tert-alkyl or cyclic N) is 1. The number of nitrogens with zero attached hydrogens (tertiary/aromatic N) is 1. The van der Waals surface area contributed by atoms with Crippen LogP contribution in [0.1, 0.15) is 11.3 Å². The van der Waals surface area contributed by atoms with Crippen molar-refractivity contribution in [1.29, 1.82) is 5.41 Å². The third-order valence-electron chi connectivity index (χ3n) is 5.00. The zero-order valence-electron chi connectivity index (χ0n) is 17.3. The van der Waals surface area contributed by atoms with Crippen molar-refractivity contribution in [1.82, 2.24) is 10.2 Å². The fourth-order valence-electron chi connectivity index (χ4n) is 3.32. The van der Waals surface area contributed by atoms with E-state index in [9.17, 15) is 26.7 Å². The Morgan fingerprint density at radius 3 is 2.72 bits per heavy atom. The van der Waals surface area contributed by atoms with Crippen LogP contribution in [0.2, 0.25) is 0 Å². The summed E-state index contributed by atoms with van der Waals surface area (Å²) in [5.74, 6) is 0. The molecule has 3 rings (SSSR count). The first-order chi connectivity index (χ1) is 14.9. The van der Waals surface area contributed by atoms with Gasteiger partial charge in [0, 0.05) is 37.3 Å². The molecule has 1 atom stereocenters. The molecule has 1 aliphatic rings. The normalized spacial score (nSPS) is 18.2. The number of likely N-dealkylation sites (tertiary alicyclic amines) is 1. The molecule has 0 bridgehead atoms. The van der Waals surface area contributed by atoms with Crippen LogP contribution in [0.25, 0.3) is 16.1 Å². The molecule has 1 aromatic carbocycles. The van der Waals surface area contributed by atoms with E-state index in [1.54, 1.807) is 24.3 Å². The minimum Gasteiger partial charge on any atom is -0.392 e. The first-order valence-corrected chi connectivity index (χ1v) is 12.6. The van der Waals surface area contributed by atoms with Gasteiger partial charge < -0.3 is 10.4 Å². The fraction of sp³-hybridized carbons (Fsp3) is 0.381. The van der Waals surface area contributed by atoms with Crippen LogP contribution in [0.3, 0.4) is 0 Å². The van der Waals surface area contributed by atoms with Gasteiger partial charge in [-0.15, -0.1) is 11.3 Å². The maximum Gasteiger partial charge on any atom is 0.432 e. The van der Waals surface area contributed by atoms with E-state index < -0.39 is 21.7 Å². The molecule has 0 spiro atoms. The van der Waals surface area contributed by atoms with Crippen molar-refractivity contribution in [2.24, 2.45) is 0 Å². The summed E-state index contributed by atoms with van der Waals surface area (Å²) in [6.07, 6.45) is -2.61. The van der Waals surface area contributed by atoms with Crippen molar-refractivity contribution in [2.75, 3.05) is 32.4 Å². The van der Waals surface area contributed by atoms with Crippen LogP contribution in [0, 0.1) is 5.41 Å². The number of alkyl halides is 3. The molecular formula is C21H24F3N3O3S2. The molecule has 6 nitrogen and oxygen atoms in total. The van der Waals surface area contributed by atoms with Gasteiger partial charge in [0.25, 0.3) is 0 Å². The van der Waals surface area contributed by atoms with E-state index in [4.69, 9.17) is 5.41 Å². The van der Waals surface area contributed by atoms with Gasteiger partial charge in [0.15, 0.2) is 9.84 Å². The Bertz CT molecular complexity index is 1110. The first kappa shape index (κ1) is 24.4. The molecule has 32 heavy (non-hydrogen) atoms. The molecule has 1 aromatic heterocycles. The standard InChI is InChI=1S/C21H24F3N3O3S2/c1-32(29,30)16-4-2-3-14(11-16)18-5-6-19(31-18)17(12-20(25)21(22,23)24)26-8-10-27-9-7-15(28)13-27/h2-6,11-12,15,25-26,28H,7-10,13H2,1H3/b17-12-,25-20?. The van der Waals surface area contributed by atoms with Crippen LogP contribution in [-0.4, -0.2) is 68.9 Å². The van der Waals surface area contributed by atoms with E-state index >= 15 is 0 Å². The molecule has 1 saturated heterocycles. The van der Waals surface area contributed by atoms with E-state index in [2.05, 4.69) is 5.32 Å². The first-order valence-electron chi connectivity index (χ1n) is 9.86. The van der Waals surface area contributed by atoms with Crippen LogP contribution >= 0.6 is 11.3 Å². The number of allylic oxidation sites excluding steroid dienone is 1. The second-order valence-electron chi connectivity index (χ2n) is 7.60. The highest BCUT2D eigenvalue weighted by Gasteiger charge is 2.33. The number of benzene rings is 1. The highest BCUT2D eigenvalue weighted by molar-refractivity contribution is 7.90. The van der Waals surface area contributed by atoms with Crippen LogP contribution in [0.5, 0.6) is 0 Å². The lowest BCUT2D eigenvalue weighted by Crippen LogP contribution is -2.31. The highest BCUT2D eigenvalue weighted by Crippen LogP contribution is 2.33. The average Bonchev–Trinajstić information content (AvgIpc) is 3.35. The van der Waals surface area contributed by atoms with Gasteiger partial charge in [-0.2, -0.15) is 13.2 Å². The summed E-state index contributed by atoms with van der Waals surface area (Å²) in [6, 6.07) is 9.72. The van der Waals surface area contributed by atoms with E-state index in [1.807, 2.05) is 4.90 Å². The minimum atomic E-state index is -4.77. The van der Waals surface area contributed by atoms with Gasteiger partial charge in [-0.3, -0.25) is 10.3 Å². The van der Waals surface area contributed by atoms with Gasteiger partial charge in [0.2, 0.25) is 0 Å². The zero-order chi connectivity index (χ0) is 23.5. The van der Waals surface area contributed by atoms with Gasteiger partial charge in [-0.25, -0.2) is 8.42 Å². The fourth-order valence-corrected chi connectivity index (χ4v) is 4.98. The Morgan fingerprint density at radius 2 is 2.09 bits per heavy atom. The maximum absolute atomic E-state index is 13.0. The van der Waals surface area contributed by atoms with Crippen molar-refractivity contribution in [3.63, 3.8) is 0 Å². The number of sulfone groups is 1. The van der Waals surface area contributed by atoms with Crippen molar-refractivity contribution >= 4 is 32.6 Å². The third kappa shape index (κ3) is 6.41. The summed E-state index contributed by atoms with van der Waals surface area (Å²) in [7, 11) is -3.39.